The van der Waals surface area contributed by atoms with Gasteiger partial charge in [0.25, 0.3) is 5.91 Å². The second kappa shape index (κ2) is 13.1. The Balaban J connectivity index is 1.45. The molecule has 2 unspecified atom stereocenters. The number of hydrogen-bond donors (Lipinski definition) is 7. The van der Waals surface area contributed by atoms with Crippen molar-refractivity contribution in [1.82, 2.24) is 15.1 Å². The summed E-state index contributed by atoms with van der Waals surface area (Å²) < 4.78 is 41.2. The van der Waals surface area contributed by atoms with E-state index in [0.717, 1.165) is 12.1 Å². The number of hydrogen-bond acceptors (Lipinski definition) is 11. The summed E-state index contributed by atoms with van der Waals surface area (Å²) in [6, 6.07) is 2.47. The molecule has 0 aliphatic heterocycles. The standard InChI is InChI=1S/C33H38F3N5O9/c1-5-41(4)24-19-11-14-10-18-20(40(2)3)12-15(13-38-31(48)39-16-6-8-17(9-7-16)50-33(34,35)36)25(42)22(18)26(43)21(14)28(45)32(19,49)29(46)23(27(24)44)30(37)47/h6-9,12,14,19,22,24-25,42,45-46,49H,5,10-11,13H2,1-4H3,(H2,37,47)(H2,38,39,48)/t14-,19-,22?,24-,25?,32-/m0/s1. The van der Waals surface area contributed by atoms with E-state index in [0.29, 0.717) is 17.8 Å². The molecule has 0 saturated heterocycles. The van der Waals surface area contributed by atoms with Gasteiger partial charge in [-0.2, -0.15) is 0 Å². The fourth-order valence-corrected chi connectivity index (χ4v) is 7.45. The lowest BCUT2D eigenvalue weighted by molar-refractivity contribution is -0.274. The fourth-order valence-electron chi connectivity index (χ4n) is 7.45. The van der Waals surface area contributed by atoms with E-state index in [2.05, 4.69) is 15.4 Å². The largest absolute Gasteiger partial charge is 0.573 e. The molecule has 14 nitrogen and oxygen atoms in total. The first-order valence-electron chi connectivity index (χ1n) is 15.7. The number of nitrogens with one attached hydrogen (secondary N) is 2. The van der Waals surface area contributed by atoms with Crippen molar-refractivity contribution in [3.8, 4) is 5.75 Å². The molecule has 1 aromatic carbocycles. The van der Waals surface area contributed by atoms with E-state index in [1.54, 1.807) is 43.9 Å². The molecule has 8 N–H and O–H groups in total. The van der Waals surface area contributed by atoms with Crippen molar-refractivity contribution in [3.05, 3.63) is 69.8 Å². The first-order chi connectivity index (χ1) is 23.3. The Morgan fingerprint density at radius 2 is 1.72 bits per heavy atom. The first-order valence-corrected chi connectivity index (χ1v) is 15.7. The Morgan fingerprint density at radius 3 is 2.28 bits per heavy atom. The summed E-state index contributed by atoms with van der Waals surface area (Å²) in [6.45, 7) is 1.76. The van der Waals surface area contributed by atoms with Gasteiger partial charge in [-0.3, -0.25) is 19.3 Å². The second-order valence-corrected chi connectivity index (χ2v) is 12.9. The minimum atomic E-state index is -4.88. The van der Waals surface area contributed by atoms with Crippen molar-refractivity contribution in [2.75, 3.05) is 39.5 Å². The topological polar surface area (TPSA) is 215 Å². The summed E-state index contributed by atoms with van der Waals surface area (Å²) in [4.78, 5) is 56.0. The number of nitrogens with two attached hydrogens (primary N) is 1. The van der Waals surface area contributed by atoms with Crippen LogP contribution < -0.4 is 21.1 Å². The zero-order valence-electron chi connectivity index (χ0n) is 27.5. The number of likely N-dealkylation sites (N-methyl/N-ethyl adjacent to an activating group) is 2. The van der Waals surface area contributed by atoms with Gasteiger partial charge in [0, 0.05) is 43.5 Å². The maximum absolute atomic E-state index is 14.3. The summed E-state index contributed by atoms with van der Waals surface area (Å²) in [7, 11) is 5.01. The molecule has 5 rings (SSSR count). The SMILES string of the molecule is CCN(C)[C@@H]1C(=O)C(C(N)=O)=C(O)[C@@]2(O)C(O)=C3C(=O)C4C(=C(N(C)C)C=C(CNC(=O)Nc5ccc(OC(F)(F)F)cc5)C4O)C[C@H]3C[C@@H]12. The second-order valence-electron chi connectivity index (χ2n) is 12.9. The number of fused-ring (bicyclic) bond motifs is 3. The lowest BCUT2D eigenvalue weighted by Crippen LogP contribution is -2.63. The van der Waals surface area contributed by atoms with Crippen LogP contribution in [-0.4, -0.2) is 112 Å². The lowest BCUT2D eigenvalue weighted by Gasteiger charge is -2.52. The molecule has 1 aromatic rings. The summed E-state index contributed by atoms with van der Waals surface area (Å²) in [5, 5.41) is 51.3. The average Bonchev–Trinajstić information content (AvgIpc) is 3.02. The van der Waals surface area contributed by atoms with E-state index >= 15 is 0 Å². The number of urea groups is 1. The van der Waals surface area contributed by atoms with Gasteiger partial charge in [0.2, 0.25) is 0 Å². The average molecular weight is 706 g/mol. The molecule has 1 fully saturated rings. The molecule has 50 heavy (non-hydrogen) atoms. The number of anilines is 1. The number of benzene rings is 1. The Morgan fingerprint density at radius 1 is 1.08 bits per heavy atom. The van der Waals surface area contributed by atoms with Gasteiger partial charge in [0.05, 0.1) is 18.1 Å². The van der Waals surface area contributed by atoms with Crippen LogP contribution in [0.5, 0.6) is 5.75 Å². The van der Waals surface area contributed by atoms with E-state index in [9.17, 15) is 52.8 Å². The Hall–Kier alpha value is -4.87. The van der Waals surface area contributed by atoms with Gasteiger partial charge in [-0.05, 0) is 73.8 Å². The highest BCUT2D eigenvalue weighted by Crippen LogP contribution is 2.55. The highest BCUT2D eigenvalue weighted by atomic mass is 19.4. The minimum Gasteiger partial charge on any atom is -0.508 e. The third kappa shape index (κ3) is 6.20. The fraction of sp³-hybridized carbons (Fsp3) is 0.455. The van der Waals surface area contributed by atoms with E-state index < -0.39 is 88.2 Å². The molecule has 0 spiro atoms. The van der Waals surface area contributed by atoms with Crippen LogP contribution in [0, 0.1) is 17.8 Å². The van der Waals surface area contributed by atoms with Crippen LogP contribution in [0.1, 0.15) is 19.8 Å². The molecule has 0 radical (unpaired) electrons. The predicted octanol–water partition coefficient (Wildman–Crippen LogP) is 1.79. The maximum Gasteiger partial charge on any atom is 0.573 e. The number of ketones is 2. The summed E-state index contributed by atoms with van der Waals surface area (Å²) in [6.07, 6.45) is -4.69. The van der Waals surface area contributed by atoms with Gasteiger partial charge < -0.3 is 46.4 Å². The number of allylic oxidation sites excluding steroid dienone is 2. The van der Waals surface area contributed by atoms with E-state index in [-0.39, 0.29) is 36.2 Å². The van der Waals surface area contributed by atoms with Gasteiger partial charge in [-0.1, -0.05) is 6.92 Å². The molecule has 1 saturated carbocycles. The Labute approximate surface area is 284 Å². The number of amides is 3. The van der Waals surface area contributed by atoms with Crippen LogP contribution in [0.25, 0.3) is 0 Å². The molecule has 3 amide bonds. The van der Waals surface area contributed by atoms with Crippen LogP contribution in [-0.2, 0) is 14.4 Å². The molecular weight excluding hydrogens is 667 g/mol. The van der Waals surface area contributed by atoms with Gasteiger partial charge in [-0.25, -0.2) is 4.79 Å². The van der Waals surface area contributed by atoms with Crippen molar-refractivity contribution in [2.45, 2.75) is 43.9 Å². The number of Topliss-reactive ketones (excluding diaryl/α,β-unsaturated/α-hetero) is 2. The Bertz CT molecular complexity index is 1750. The molecule has 0 heterocycles. The van der Waals surface area contributed by atoms with Crippen LogP contribution in [0.4, 0.5) is 23.7 Å². The van der Waals surface area contributed by atoms with Crippen molar-refractivity contribution >= 4 is 29.2 Å². The molecule has 0 bridgehead atoms. The summed E-state index contributed by atoms with van der Waals surface area (Å²) >= 11 is 0. The van der Waals surface area contributed by atoms with Crippen molar-refractivity contribution in [3.63, 3.8) is 0 Å². The zero-order valence-corrected chi connectivity index (χ0v) is 27.5. The number of aliphatic hydroxyl groups is 4. The number of rotatable bonds is 8. The van der Waals surface area contributed by atoms with E-state index in [1.165, 1.54) is 12.1 Å². The van der Waals surface area contributed by atoms with Crippen molar-refractivity contribution < 1.29 is 57.5 Å². The number of halogens is 3. The number of aliphatic hydroxyl groups excluding tert-OH is 3. The number of alkyl halides is 3. The molecule has 4 aliphatic carbocycles. The number of ether oxygens (including phenoxy) is 1. The Kier molecular flexibility index (Phi) is 9.55. The molecule has 4 aliphatic rings. The number of primary amides is 1. The monoisotopic (exact) mass is 705 g/mol. The first kappa shape index (κ1) is 36.4. The number of carbonyl (C=O) groups is 4. The number of carbonyl (C=O) groups excluding carboxylic acids is 4. The van der Waals surface area contributed by atoms with Gasteiger partial charge in [-0.15, -0.1) is 13.2 Å². The number of nitrogens with zero attached hydrogens (tertiary/aromatic N) is 2. The van der Waals surface area contributed by atoms with Gasteiger partial charge in [0.1, 0.15) is 22.8 Å². The minimum absolute atomic E-state index is 0.0485. The van der Waals surface area contributed by atoms with Gasteiger partial charge >= 0.3 is 12.4 Å². The van der Waals surface area contributed by atoms with Crippen LogP contribution in [0.2, 0.25) is 0 Å². The third-order valence-electron chi connectivity index (χ3n) is 9.83. The third-order valence-corrected chi connectivity index (χ3v) is 9.83. The zero-order chi connectivity index (χ0) is 37.0. The highest BCUT2D eigenvalue weighted by Gasteiger charge is 2.63. The van der Waals surface area contributed by atoms with Gasteiger partial charge in [0.15, 0.2) is 17.2 Å². The predicted molar refractivity (Wildman–Crippen MR) is 170 cm³/mol. The highest BCUT2D eigenvalue weighted by molar-refractivity contribution is 6.22. The quantitative estimate of drug-likeness (QED) is 0.194. The van der Waals surface area contributed by atoms with Crippen molar-refractivity contribution in [2.24, 2.45) is 23.5 Å². The van der Waals surface area contributed by atoms with E-state index in [4.69, 9.17) is 5.73 Å². The molecule has 6 atom stereocenters. The molecule has 17 heteroatoms. The van der Waals surface area contributed by atoms with Crippen LogP contribution in [0.3, 0.4) is 0 Å². The van der Waals surface area contributed by atoms with Crippen LogP contribution >= 0.6 is 0 Å². The summed E-state index contributed by atoms with van der Waals surface area (Å²) in [5.74, 6) is -8.62. The normalized spacial score (nSPS) is 28.1. The smallest absolute Gasteiger partial charge is 0.508 e. The molecular formula is C33H38F3N5O9. The summed E-state index contributed by atoms with van der Waals surface area (Å²) in [5.41, 5.74) is 3.00. The van der Waals surface area contributed by atoms with Crippen LogP contribution in [0.15, 0.2) is 69.8 Å². The van der Waals surface area contributed by atoms with Crippen molar-refractivity contribution in [1.29, 1.82) is 0 Å². The molecule has 0 aromatic heterocycles. The maximum atomic E-state index is 14.3. The lowest BCUT2D eigenvalue weighted by atomic mass is 9.56. The molecule has 270 valence electrons. The van der Waals surface area contributed by atoms with E-state index in [1.807, 2.05) is 0 Å².